The van der Waals surface area contributed by atoms with Crippen LogP contribution in [0.4, 0.5) is 0 Å². The average Bonchev–Trinajstić information content (AvgIpc) is 2.98. The molecule has 2 aromatic rings. The summed E-state index contributed by atoms with van der Waals surface area (Å²) in [4.78, 5) is 28.9. The van der Waals surface area contributed by atoms with Crippen molar-refractivity contribution in [3.8, 4) is 6.07 Å². The van der Waals surface area contributed by atoms with Crippen LogP contribution in [0, 0.1) is 18.3 Å². The highest BCUT2D eigenvalue weighted by Crippen LogP contribution is 2.11. The smallest absolute Gasteiger partial charge is 0.251 e. The predicted molar refractivity (Wildman–Crippen MR) is 111 cm³/mol. The maximum atomic E-state index is 12.6. The van der Waals surface area contributed by atoms with Gasteiger partial charge in [-0.3, -0.25) is 14.5 Å². The molecule has 1 fully saturated rings. The van der Waals surface area contributed by atoms with Crippen LogP contribution in [0.2, 0.25) is 0 Å². The van der Waals surface area contributed by atoms with Crippen LogP contribution in [0.1, 0.15) is 33.5 Å². The van der Waals surface area contributed by atoms with Crippen LogP contribution in [0.15, 0.2) is 48.5 Å². The molecule has 0 aromatic heterocycles. The van der Waals surface area contributed by atoms with Gasteiger partial charge in [0.2, 0.25) is 5.91 Å². The van der Waals surface area contributed by atoms with Gasteiger partial charge in [0.25, 0.3) is 5.91 Å². The summed E-state index contributed by atoms with van der Waals surface area (Å²) in [5.74, 6) is -0.273. The minimum Gasteiger partial charge on any atom is -0.343 e. The van der Waals surface area contributed by atoms with E-state index in [4.69, 9.17) is 5.26 Å². The topological polar surface area (TPSA) is 76.4 Å². The second-order valence-electron chi connectivity index (χ2n) is 7.37. The molecule has 2 amide bonds. The second kappa shape index (κ2) is 9.85. The lowest BCUT2D eigenvalue weighted by atomic mass is 10.1. The van der Waals surface area contributed by atoms with E-state index in [1.54, 1.807) is 6.07 Å². The summed E-state index contributed by atoms with van der Waals surface area (Å²) in [6.07, 6.45) is 0.897. The molecular formula is C23H26N4O2. The molecule has 0 saturated carbocycles. The Labute approximate surface area is 171 Å². The van der Waals surface area contributed by atoms with E-state index in [1.807, 2.05) is 54.3 Å². The zero-order valence-electron chi connectivity index (χ0n) is 16.7. The Morgan fingerprint density at radius 2 is 1.86 bits per heavy atom. The lowest BCUT2D eigenvalue weighted by Gasteiger charge is -2.22. The van der Waals surface area contributed by atoms with E-state index in [-0.39, 0.29) is 18.4 Å². The van der Waals surface area contributed by atoms with Gasteiger partial charge < -0.3 is 10.2 Å². The number of nitrogens with zero attached hydrogens (tertiary/aromatic N) is 3. The minimum atomic E-state index is -0.223. The van der Waals surface area contributed by atoms with Crippen LogP contribution in [0.25, 0.3) is 0 Å². The molecule has 1 saturated heterocycles. The standard InChI is InChI=1S/C23H26N4O2/c1-18-4-2-5-21(14-18)23(29)25-16-22(28)27-11-3-10-26(12-13-27)17-20-8-6-19(15-24)7-9-20/h2,4-9,14H,3,10-13,16-17H2,1H3,(H,25,29). The van der Waals surface area contributed by atoms with E-state index in [9.17, 15) is 9.59 Å². The first kappa shape index (κ1) is 20.6. The highest BCUT2D eigenvalue weighted by molar-refractivity contribution is 5.96. The maximum absolute atomic E-state index is 12.6. The first-order chi connectivity index (χ1) is 14.0. The zero-order valence-corrected chi connectivity index (χ0v) is 16.7. The van der Waals surface area contributed by atoms with E-state index in [1.165, 1.54) is 0 Å². The van der Waals surface area contributed by atoms with Crippen molar-refractivity contribution in [1.82, 2.24) is 15.1 Å². The Morgan fingerprint density at radius 3 is 2.59 bits per heavy atom. The third kappa shape index (κ3) is 5.90. The zero-order chi connectivity index (χ0) is 20.6. The van der Waals surface area contributed by atoms with Crippen LogP contribution < -0.4 is 5.32 Å². The molecule has 150 valence electrons. The van der Waals surface area contributed by atoms with Crippen molar-refractivity contribution in [2.24, 2.45) is 0 Å². The van der Waals surface area contributed by atoms with Crippen LogP contribution >= 0.6 is 0 Å². The Morgan fingerprint density at radius 1 is 1.07 bits per heavy atom. The largest absolute Gasteiger partial charge is 0.343 e. The van der Waals surface area contributed by atoms with Crippen LogP contribution in [-0.2, 0) is 11.3 Å². The normalized spacial score (nSPS) is 14.7. The minimum absolute atomic E-state index is 0.0163. The molecule has 1 aliphatic heterocycles. The lowest BCUT2D eigenvalue weighted by Crippen LogP contribution is -2.42. The number of benzene rings is 2. The molecule has 1 heterocycles. The van der Waals surface area contributed by atoms with Crippen LogP contribution in [0.5, 0.6) is 0 Å². The lowest BCUT2D eigenvalue weighted by molar-refractivity contribution is -0.130. The fourth-order valence-corrected chi connectivity index (χ4v) is 3.48. The quantitative estimate of drug-likeness (QED) is 0.850. The van der Waals surface area contributed by atoms with Crippen molar-refractivity contribution in [1.29, 1.82) is 5.26 Å². The summed E-state index contributed by atoms with van der Waals surface area (Å²) in [6, 6.07) is 17.1. The summed E-state index contributed by atoms with van der Waals surface area (Å²) in [6.45, 7) is 5.80. The molecule has 0 radical (unpaired) electrons. The fourth-order valence-electron chi connectivity index (χ4n) is 3.48. The SMILES string of the molecule is Cc1cccc(C(=O)NCC(=O)N2CCCN(Cc3ccc(C#N)cc3)CC2)c1. The molecule has 0 bridgehead atoms. The van der Waals surface area contributed by atoms with Gasteiger partial charge in [0, 0.05) is 38.3 Å². The Kier molecular flexibility index (Phi) is 6.99. The summed E-state index contributed by atoms with van der Waals surface area (Å²) >= 11 is 0. The van der Waals surface area contributed by atoms with Crippen LogP contribution in [-0.4, -0.2) is 54.3 Å². The number of aryl methyl sites for hydroxylation is 1. The van der Waals surface area contributed by atoms with Crippen molar-refractivity contribution in [2.75, 3.05) is 32.7 Å². The third-order valence-electron chi connectivity index (χ3n) is 5.11. The Bertz CT molecular complexity index is 902. The highest BCUT2D eigenvalue weighted by atomic mass is 16.2. The molecule has 1 aliphatic rings. The van der Waals surface area contributed by atoms with Gasteiger partial charge in [-0.05, 0) is 43.2 Å². The number of carbonyl (C=O) groups excluding carboxylic acids is 2. The van der Waals surface area contributed by atoms with Crippen molar-refractivity contribution in [2.45, 2.75) is 19.9 Å². The molecule has 0 unspecified atom stereocenters. The number of carbonyl (C=O) groups is 2. The molecule has 1 N–H and O–H groups in total. The van der Waals surface area contributed by atoms with Gasteiger partial charge >= 0.3 is 0 Å². The van der Waals surface area contributed by atoms with Gasteiger partial charge in [-0.25, -0.2) is 0 Å². The number of hydrogen-bond donors (Lipinski definition) is 1. The number of nitriles is 1. The maximum Gasteiger partial charge on any atom is 0.251 e. The molecule has 0 aliphatic carbocycles. The summed E-state index contributed by atoms with van der Waals surface area (Å²) in [5.41, 5.74) is 3.41. The van der Waals surface area contributed by atoms with Gasteiger partial charge in [-0.1, -0.05) is 29.8 Å². The monoisotopic (exact) mass is 390 g/mol. The van der Waals surface area contributed by atoms with Gasteiger partial charge in [-0.15, -0.1) is 0 Å². The fraction of sp³-hybridized carbons (Fsp3) is 0.348. The number of rotatable bonds is 5. The molecule has 6 heteroatoms. The predicted octanol–water partition coefficient (Wildman–Crippen LogP) is 2.33. The molecule has 0 spiro atoms. The molecule has 3 rings (SSSR count). The number of amides is 2. The first-order valence-corrected chi connectivity index (χ1v) is 9.89. The number of nitrogens with one attached hydrogen (secondary N) is 1. The summed E-state index contributed by atoms with van der Waals surface area (Å²) < 4.78 is 0. The van der Waals surface area contributed by atoms with E-state index in [0.717, 1.165) is 37.2 Å². The van der Waals surface area contributed by atoms with Crippen molar-refractivity contribution in [3.63, 3.8) is 0 Å². The van der Waals surface area contributed by atoms with E-state index in [0.29, 0.717) is 24.2 Å². The highest BCUT2D eigenvalue weighted by Gasteiger charge is 2.20. The second-order valence-corrected chi connectivity index (χ2v) is 7.37. The van der Waals surface area contributed by atoms with Crippen molar-refractivity contribution >= 4 is 11.8 Å². The van der Waals surface area contributed by atoms with Gasteiger partial charge in [0.05, 0.1) is 18.2 Å². The number of hydrogen-bond acceptors (Lipinski definition) is 4. The first-order valence-electron chi connectivity index (χ1n) is 9.89. The van der Waals surface area contributed by atoms with Crippen LogP contribution in [0.3, 0.4) is 0 Å². The Hall–Kier alpha value is -3.17. The molecular weight excluding hydrogens is 364 g/mol. The van der Waals surface area contributed by atoms with E-state index in [2.05, 4.69) is 16.3 Å². The molecule has 0 atom stereocenters. The molecule has 29 heavy (non-hydrogen) atoms. The Balaban J connectivity index is 1.47. The van der Waals surface area contributed by atoms with Gasteiger partial charge in [0.1, 0.15) is 0 Å². The molecule has 2 aromatic carbocycles. The van der Waals surface area contributed by atoms with Gasteiger partial charge in [-0.2, -0.15) is 5.26 Å². The van der Waals surface area contributed by atoms with E-state index < -0.39 is 0 Å². The summed E-state index contributed by atoms with van der Waals surface area (Å²) in [7, 11) is 0. The average molecular weight is 390 g/mol. The van der Waals surface area contributed by atoms with E-state index >= 15 is 0 Å². The third-order valence-corrected chi connectivity index (χ3v) is 5.11. The van der Waals surface area contributed by atoms with Crippen molar-refractivity contribution in [3.05, 3.63) is 70.8 Å². The summed E-state index contributed by atoms with van der Waals surface area (Å²) in [5, 5.41) is 11.6. The molecule has 6 nitrogen and oxygen atoms in total. The van der Waals surface area contributed by atoms with Gasteiger partial charge in [0.15, 0.2) is 0 Å². The van der Waals surface area contributed by atoms with Crippen molar-refractivity contribution < 1.29 is 9.59 Å².